The maximum absolute atomic E-state index is 13.3. The number of nitrogens with zero attached hydrogens (tertiary/aromatic N) is 3. The van der Waals surface area contributed by atoms with E-state index in [0.717, 1.165) is 13.0 Å². The zero-order valence-electron chi connectivity index (χ0n) is 13.4. The summed E-state index contributed by atoms with van der Waals surface area (Å²) in [5.74, 6) is -0.559. The zero-order chi connectivity index (χ0) is 17.0. The summed E-state index contributed by atoms with van der Waals surface area (Å²) in [6.45, 7) is 3.00. The van der Waals surface area contributed by atoms with Gasteiger partial charge >= 0.3 is 0 Å². The minimum Gasteiger partial charge on any atom is -0.379 e. The number of hydrogen-bond acceptors (Lipinski definition) is 4. The molecule has 0 saturated heterocycles. The topological polar surface area (TPSA) is 68.5 Å². The number of imidazole rings is 1. The summed E-state index contributed by atoms with van der Waals surface area (Å²) in [5, 5.41) is 6.83. The molecule has 0 unspecified atom stereocenters. The second-order valence-corrected chi connectivity index (χ2v) is 5.96. The smallest absolute Gasteiger partial charge is 0.267 e. The first-order chi connectivity index (χ1) is 11.6. The molecule has 24 heavy (non-hydrogen) atoms. The lowest BCUT2D eigenvalue weighted by Crippen LogP contribution is -2.45. The number of amides is 1. The summed E-state index contributed by atoms with van der Waals surface area (Å²) < 4.78 is 15.3. The van der Waals surface area contributed by atoms with Gasteiger partial charge in [0.2, 0.25) is 5.60 Å². The van der Waals surface area contributed by atoms with E-state index in [0.29, 0.717) is 24.2 Å². The highest BCUT2D eigenvalue weighted by atomic mass is 19.1. The molecule has 0 spiro atoms. The molecule has 6 nitrogen and oxygen atoms in total. The molecule has 1 aliphatic rings. The number of hydrogen-bond donors (Lipinski definition) is 1. The van der Waals surface area contributed by atoms with E-state index in [9.17, 15) is 9.18 Å². The molecule has 1 atom stereocenters. The third-order valence-electron chi connectivity index (χ3n) is 3.94. The van der Waals surface area contributed by atoms with Crippen molar-refractivity contribution < 1.29 is 14.0 Å². The number of aromatic nitrogens is 2. The van der Waals surface area contributed by atoms with Gasteiger partial charge in [0.25, 0.3) is 5.91 Å². The molecule has 7 heteroatoms. The number of halogens is 1. The van der Waals surface area contributed by atoms with Crippen LogP contribution in [-0.4, -0.2) is 33.3 Å². The molecular formula is C17H19FN4O2. The highest BCUT2D eigenvalue weighted by molar-refractivity contribution is 6.05. The molecule has 1 aromatic carbocycles. The molecule has 0 aliphatic carbocycles. The highest BCUT2D eigenvalue weighted by Gasteiger charge is 2.42. The highest BCUT2D eigenvalue weighted by Crippen LogP contribution is 2.27. The Morgan fingerprint density at radius 3 is 3.12 bits per heavy atom. The Labute approximate surface area is 139 Å². The van der Waals surface area contributed by atoms with Crippen LogP contribution in [0.4, 0.5) is 4.39 Å². The van der Waals surface area contributed by atoms with Crippen molar-refractivity contribution in [1.29, 1.82) is 0 Å². The van der Waals surface area contributed by atoms with Crippen molar-refractivity contribution >= 4 is 11.6 Å². The minimum atomic E-state index is -1.06. The van der Waals surface area contributed by atoms with Gasteiger partial charge in [-0.05, 0) is 25.5 Å². The number of benzene rings is 1. The van der Waals surface area contributed by atoms with E-state index in [1.165, 1.54) is 12.1 Å². The molecule has 1 aliphatic heterocycles. The van der Waals surface area contributed by atoms with Crippen molar-refractivity contribution in [2.24, 2.45) is 5.16 Å². The van der Waals surface area contributed by atoms with Crippen molar-refractivity contribution in [3.05, 3.63) is 54.4 Å². The van der Waals surface area contributed by atoms with Gasteiger partial charge in [-0.15, -0.1) is 0 Å². The van der Waals surface area contributed by atoms with Gasteiger partial charge in [0.15, 0.2) is 0 Å². The Morgan fingerprint density at radius 2 is 2.38 bits per heavy atom. The molecule has 1 aromatic heterocycles. The first-order valence-electron chi connectivity index (χ1n) is 7.82. The van der Waals surface area contributed by atoms with Crippen LogP contribution in [0, 0.1) is 5.82 Å². The first kappa shape index (κ1) is 16.2. The Balaban J connectivity index is 1.50. The number of carbonyl (C=O) groups excluding carboxylic acids is 1. The van der Waals surface area contributed by atoms with Gasteiger partial charge in [-0.1, -0.05) is 17.3 Å². The predicted octanol–water partition coefficient (Wildman–Crippen LogP) is 2.11. The summed E-state index contributed by atoms with van der Waals surface area (Å²) in [6, 6.07) is 6.11. The Kier molecular flexibility index (Phi) is 4.59. The maximum Gasteiger partial charge on any atom is 0.267 e. The van der Waals surface area contributed by atoms with Crippen LogP contribution in [0.3, 0.4) is 0 Å². The molecule has 0 saturated carbocycles. The number of rotatable bonds is 6. The molecule has 1 N–H and O–H groups in total. The third-order valence-corrected chi connectivity index (χ3v) is 3.94. The summed E-state index contributed by atoms with van der Waals surface area (Å²) in [5.41, 5.74) is 0.147. The fourth-order valence-corrected chi connectivity index (χ4v) is 2.55. The minimum absolute atomic E-state index is 0.219. The van der Waals surface area contributed by atoms with Crippen LogP contribution < -0.4 is 5.32 Å². The van der Waals surface area contributed by atoms with Crippen molar-refractivity contribution in [2.75, 3.05) is 6.54 Å². The lowest BCUT2D eigenvalue weighted by molar-refractivity contribution is -0.141. The van der Waals surface area contributed by atoms with Crippen LogP contribution in [0.1, 0.15) is 25.3 Å². The van der Waals surface area contributed by atoms with E-state index >= 15 is 0 Å². The molecule has 0 fully saturated rings. The number of nitrogens with one attached hydrogen (secondary N) is 1. The van der Waals surface area contributed by atoms with E-state index in [-0.39, 0.29) is 11.7 Å². The van der Waals surface area contributed by atoms with Crippen molar-refractivity contribution in [3.8, 4) is 0 Å². The second-order valence-electron chi connectivity index (χ2n) is 5.96. The van der Waals surface area contributed by atoms with Gasteiger partial charge in [0.05, 0.1) is 12.0 Å². The standard InChI is InChI=1S/C17H19FN4O2/c1-17(16(23)20-6-3-8-22-9-7-19-12-22)11-15(21-24-17)13-4-2-5-14(18)10-13/h2,4-5,7,9-10,12H,3,6,8,11H2,1H3,(H,20,23)/t17-/m1/s1. The fraction of sp³-hybridized carbons (Fsp3) is 0.353. The molecule has 1 amide bonds. The average Bonchev–Trinajstić information content (AvgIpc) is 3.22. The summed E-state index contributed by atoms with van der Waals surface area (Å²) >= 11 is 0. The Bertz CT molecular complexity index is 745. The molecule has 3 rings (SSSR count). The molecule has 0 bridgehead atoms. The Hall–Kier alpha value is -2.70. The van der Waals surface area contributed by atoms with Crippen molar-refractivity contribution in [2.45, 2.75) is 31.9 Å². The van der Waals surface area contributed by atoms with Crippen molar-refractivity contribution in [1.82, 2.24) is 14.9 Å². The van der Waals surface area contributed by atoms with E-state index in [1.807, 2.05) is 10.8 Å². The van der Waals surface area contributed by atoms with E-state index in [1.54, 1.807) is 31.6 Å². The van der Waals surface area contributed by atoms with Gasteiger partial charge < -0.3 is 14.7 Å². The molecule has 2 heterocycles. The molecular weight excluding hydrogens is 311 g/mol. The molecule has 126 valence electrons. The zero-order valence-corrected chi connectivity index (χ0v) is 13.4. The van der Waals surface area contributed by atoms with Gasteiger partial charge in [-0.2, -0.15) is 0 Å². The number of aryl methyl sites for hydroxylation is 1. The van der Waals surface area contributed by atoms with Crippen LogP contribution >= 0.6 is 0 Å². The Morgan fingerprint density at radius 1 is 1.50 bits per heavy atom. The van der Waals surface area contributed by atoms with Crippen LogP contribution in [0.15, 0.2) is 48.1 Å². The average molecular weight is 330 g/mol. The predicted molar refractivity (Wildman–Crippen MR) is 86.9 cm³/mol. The van der Waals surface area contributed by atoms with Gasteiger partial charge in [-0.3, -0.25) is 4.79 Å². The summed E-state index contributed by atoms with van der Waals surface area (Å²) in [6.07, 6.45) is 6.43. The van der Waals surface area contributed by atoms with Crippen LogP contribution in [0.25, 0.3) is 0 Å². The fourth-order valence-electron chi connectivity index (χ4n) is 2.55. The number of oxime groups is 1. The van der Waals surface area contributed by atoms with Gasteiger partial charge in [0, 0.05) is 37.5 Å². The monoisotopic (exact) mass is 330 g/mol. The third kappa shape index (κ3) is 3.61. The molecule has 0 radical (unpaired) electrons. The van der Waals surface area contributed by atoms with Crippen LogP contribution in [0.5, 0.6) is 0 Å². The number of carbonyl (C=O) groups is 1. The molecule has 2 aromatic rings. The second kappa shape index (κ2) is 6.82. The summed E-state index contributed by atoms with van der Waals surface area (Å²) in [7, 11) is 0. The van der Waals surface area contributed by atoms with E-state index < -0.39 is 5.60 Å². The van der Waals surface area contributed by atoms with Gasteiger partial charge in [-0.25, -0.2) is 9.37 Å². The quantitative estimate of drug-likeness (QED) is 0.825. The maximum atomic E-state index is 13.3. The lowest BCUT2D eigenvalue weighted by atomic mass is 9.95. The normalized spacial score (nSPS) is 19.7. The van der Waals surface area contributed by atoms with Crippen LogP contribution in [-0.2, 0) is 16.2 Å². The summed E-state index contributed by atoms with van der Waals surface area (Å²) in [4.78, 5) is 21.7. The van der Waals surface area contributed by atoms with E-state index in [4.69, 9.17) is 4.84 Å². The SMILES string of the molecule is C[C@]1(C(=O)NCCCn2ccnc2)CC(c2cccc(F)c2)=NO1. The largest absolute Gasteiger partial charge is 0.379 e. The van der Waals surface area contributed by atoms with E-state index in [2.05, 4.69) is 15.5 Å². The van der Waals surface area contributed by atoms with Crippen molar-refractivity contribution in [3.63, 3.8) is 0 Å². The first-order valence-corrected chi connectivity index (χ1v) is 7.82. The van der Waals surface area contributed by atoms with Gasteiger partial charge in [0.1, 0.15) is 5.82 Å². The van der Waals surface area contributed by atoms with Crippen LogP contribution in [0.2, 0.25) is 0 Å². The lowest BCUT2D eigenvalue weighted by Gasteiger charge is -2.20.